The minimum atomic E-state index is -1.02. The van der Waals surface area contributed by atoms with Crippen LogP contribution in [0.2, 0.25) is 0 Å². The molecule has 3 nitrogen and oxygen atoms in total. The summed E-state index contributed by atoms with van der Waals surface area (Å²) >= 11 is 0. The van der Waals surface area contributed by atoms with Gasteiger partial charge in [0.2, 0.25) is 0 Å². The molecule has 1 atom stereocenters. The number of hydrogen-bond donors (Lipinski definition) is 1. The van der Waals surface area contributed by atoms with Gasteiger partial charge in [-0.2, -0.15) is 0 Å². The van der Waals surface area contributed by atoms with Crippen LogP contribution in [-0.2, 0) is 9.53 Å². The quantitative estimate of drug-likeness (QED) is 0.646. The molecule has 0 aliphatic rings. The van der Waals surface area contributed by atoms with E-state index in [0.29, 0.717) is 5.56 Å². The van der Waals surface area contributed by atoms with Crippen molar-refractivity contribution in [2.45, 2.75) is 32.5 Å². The van der Waals surface area contributed by atoms with Gasteiger partial charge in [-0.1, -0.05) is 36.9 Å². The van der Waals surface area contributed by atoms with E-state index in [1.54, 1.807) is 45.0 Å². The number of benzene rings is 1. The second kappa shape index (κ2) is 5.15. The van der Waals surface area contributed by atoms with Crippen molar-refractivity contribution in [3.05, 3.63) is 48.0 Å². The fourth-order valence-corrected chi connectivity index (χ4v) is 1.29. The van der Waals surface area contributed by atoms with Crippen LogP contribution in [0.1, 0.15) is 32.4 Å². The van der Waals surface area contributed by atoms with Gasteiger partial charge < -0.3 is 9.84 Å². The predicted molar refractivity (Wildman–Crippen MR) is 66.4 cm³/mol. The highest BCUT2D eigenvalue weighted by Crippen LogP contribution is 2.22. The molecule has 0 bridgehead atoms. The van der Waals surface area contributed by atoms with Gasteiger partial charge in [0.15, 0.2) is 0 Å². The van der Waals surface area contributed by atoms with Crippen molar-refractivity contribution in [1.29, 1.82) is 0 Å². The summed E-state index contributed by atoms with van der Waals surface area (Å²) in [7, 11) is 0. The Bertz CT molecular complexity index is 401. The van der Waals surface area contributed by atoms with E-state index in [1.165, 1.54) is 0 Å². The van der Waals surface area contributed by atoms with E-state index in [2.05, 4.69) is 6.58 Å². The molecule has 1 aromatic carbocycles. The molecule has 0 unspecified atom stereocenters. The van der Waals surface area contributed by atoms with E-state index < -0.39 is 17.7 Å². The van der Waals surface area contributed by atoms with Crippen molar-refractivity contribution in [2.75, 3.05) is 0 Å². The lowest BCUT2D eigenvalue weighted by Gasteiger charge is -2.22. The Labute approximate surface area is 102 Å². The van der Waals surface area contributed by atoms with Gasteiger partial charge in [0, 0.05) is 0 Å². The molecule has 1 aromatic rings. The highest BCUT2D eigenvalue weighted by molar-refractivity contribution is 5.89. The number of esters is 1. The predicted octanol–water partition coefficient (Wildman–Crippen LogP) is 2.62. The summed E-state index contributed by atoms with van der Waals surface area (Å²) in [6, 6.07) is 8.90. The van der Waals surface area contributed by atoms with Crippen molar-refractivity contribution >= 4 is 5.97 Å². The SMILES string of the molecule is C=C(C(=O)OC(C)(C)C)[C@H](O)c1ccccc1. The van der Waals surface area contributed by atoms with Crippen LogP contribution in [0.5, 0.6) is 0 Å². The zero-order valence-electron chi connectivity index (χ0n) is 10.4. The van der Waals surface area contributed by atoms with Crippen LogP contribution in [-0.4, -0.2) is 16.7 Å². The highest BCUT2D eigenvalue weighted by atomic mass is 16.6. The van der Waals surface area contributed by atoms with Crippen LogP contribution in [0.15, 0.2) is 42.5 Å². The van der Waals surface area contributed by atoms with Gasteiger partial charge in [-0.15, -0.1) is 0 Å². The molecule has 0 saturated heterocycles. The van der Waals surface area contributed by atoms with Crippen molar-refractivity contribution < 1.29 is 14.6 Å². The van der Waals surface area contributed by atoms with Gasteiger partial charge >= 0.3 is 5.97 Å². The van der Waals surface area contributed by atoms with E-state index >= 15 is 0 Å². The van der Waals surface area contributed by atoms with Crippen molar-refractivity contribution in [3.8, 4) is 0 Å². The van der Waals surface area contributed by atoms with Crippen LogP contribution in [0.4, 0.5) is 0 Å². The van der Waals surface area contributed by atoms with Gasteiger partial charge in [-0.25, -0.2) is 4.79 Å². The zero-order valence-corrected chi connectivity index (χ0v) is 10.4. The lowest BCUT2D eigenvalue weighted by Crippen LogP contribution is -2.26. The first kappa shape index (κ1) is 13.5. The Morgan fingerprint density at radius 1 is 1.29 bits per heavy atom. The minimum Gasteiger partial charge on any atom is -0.457 e. The number of ether oxygens (including phenoxy) is 1. The second-order valence-electron chi connectivity index (χ2n) is 4.84. The van der Waals surface area contributed by atoms with Gasteiger partial charge in [-0.3, -0.25) is 0 Å². The normalized spacial score (nSPS) is 12.9. The van der Waals surface area contributed by atoms with Crippen LogP contribution in [0.25, 0.3) is 0 Å². The molecule has 0 spiro atoms. The Balaban J connectivity index is 2.74. The summed E-state index contributed by atoms with van der Waals surface area (Å²) in [5.74, 6) is -0.575. The molecule has 0 aromatic heterocycles. The summed E-state index contributed by atoms with van der Waals surface area (Å²) in [4.78, 5) is 11.7. The molecule has 1 rings (SSSR count). The van der Waals surface area contributed by atoms with Crippen LogP contribution in [0.3, 0.4) is 0 Å². The molecule has 0 fully saturated rings. The summed E-state index contributed by atoms with van der Waals surface area (Å²) < 4.78 is 5.14. The van der Waals surface area contributed by atoms with E-state index in [0.717, 1.165) is 0 Å². The first-order valence-corrected chi connectivity index (χ1v) is 5.46. The third-order valence-corrected chi connectivity index (χ3v) is 2.11. The first-order chi connectivity index (χ1) is 7.81. The number of aliphatic hydroxyl groups excluding tert-OH is 1. The molecule has 0 aliphatic heterocycles. The summed E-state index contributed by atoms with van der Waals surface area (Å²) in [5, 5.41) is 9.96. The number of carbonyl (C=O) groups excluding carboxylic acids is 1. The van der Waals surface area contributed by atoms with Gasteiger partial charge in [0.1, 0.15) is 11.7 Å². The summed E-state index contributed by atoms with van der Waals surface area (Å²) in [6.45, 7) is 8.90. The van der Waals surface area contributed by atoms with E-state index in [-0.39, 0.29) is 5.57 Å². The molecule has 17 heavy (non-hydrogen) atoms. The lowest BCUT2D eigenvalue weighted by molar-refractivity contribution is -0.151. The average molecular weight is 234 g/mol. The van der Waals surface area contributed by atoms with Crippen LogP contribution >= 0.6 is 0 Å². The maximum atomic E-state index is 11.7. The third kappa shape index (κ3) is 4.04. The minimum absolute atomic E-state index is 0.0473. The molecule has 0 saturated carbocycles. The van der Waals surface area contributed by atoms with Gasteiger partial charge in [-0.05, 0) is 26.3 Å². The number of hydrogen-bond acceptors (Lipinski definition) is 3. The molecule has 0 radical (unpaired) electrons. The molecular weight excluding hydrogens is 216 g/mol. The van der Waals surface area contributed by atoms with E-state index in [1.807, 2.05) is 6.07 Å². The first-order valence-electron chi connectivity index (χ1n) is 5.46. The molecule has 3 heteroatoms. The highest BCUT2D eigenvalue weighted by Gasteiger charge is 2.23. The molecule has 0 heterocycles. The van der Waals surface area contributed by atoms with Gasteiger partial charge in [0.05, 0.1) is 5.57 Å². The van der Waals surface area contributed by atoms with Crippen LogP contribution in [0, 0.1) is 0 Å². The fourth-order valence-electron chi connectivity index (χ4n) is 1.29. The standard InChI is InChI=1S/C14H18O3/c1-10(13(16)17-14(2,3)4)12(15)11-8-6-5-7-9-11/h5-9,12,15H,1H2,2-4H3/t12-/m0/s1. The summed E-state index contributed by atoms with van der Waals surface area (Å²) in [5.41, 5.74) is 0.0886. The van der Waals surface area contributed by atoms with Gasteiger partial charge in [0.25, 0.3) is 0 Å². The molecule has 1 N–H and O–H groups in total. The van der Waals surface area contributed by atoms with Crippen LogP contribution < -0.4 is 0 Å². The van der Waals surface area contributed by atoms with Crippen molar-refractivity contribution in [3.63, 3.8) is 0 Å². The lowest BCUT2D eigenvalue weighted by atomic mass is 10.0. The number of aliphatic hydroxyl groups is 1. The fraction of sp³-hybridized carbons (Fsp3) is 0.357. The van der Waals surface area contributed by atoms with E-state index in [4.69, 9.17) is 4.74 Å². The topological polar surface area (TPSA) is 46.5 Å². The third-order valence-electron chi connectivity index (χ3n) is 2.11. The summed E-state index contributed by atoms with van der Waals surface area (Å²) in [6.07, 6.45) is -1.02. The average Bonchev–Trinajstić information content (AvgIpc) is 2.26. The zero-order chi connectivity index (χ0) is 13.1. The Morgan fingerprint density at radius 3 is 2.29 bits per heavy atom. The maximum Gasteiger partial charge on any atom is 0.336 e. The molecular formula is C14H18O3. The number of rotatable bonds is 3. The Kier molecular flexibility index (Phi) is 4.07. The monoisotopic (exact) mass is 234 g/mol. The smallest absolute Gasteiger partial charge is 0.336 e. The molecule has 0 aliphatic carbocycles. The van der Waals surface area contributed by atoms with Crippen molar-refractivity contribution in [2.24, 2.45) is 0 Å². The second-order valence-corrected chi connectivity index (χ2v) is 4.84. The Hall–Kier alpha value is -1.61. The van der Waals surface area contributed by atoms with Crippen molar-refractivity contribution in [1.82, 2.24) is 0 Å². The number of carbonyl (C=O) groups is 1. The Morgan fingerprint density at radius 2 is 1.82 bits per heavy atom. The van der Waals surface area contributed by atoms with E-state index in [9.17, 15) is 9.90 Å². The maximum absolute atomic E-state index is 11.7. The molecule has 0 amide bonds. The largest absolute Gasteiger partial charge is 0.457 e. The molecule has 92 valence electrons.